The number of benzene rings is 1. The van der Waals surface area contributed by atoms with E-state index in [1.165, 1.54) is 5.69 Å². The van der Waals surface area contributed by atoms with Crippen molar-refractivity contribution in [3.63, 3.8) is 0 Å². The summed E-state index contributed by atoms with van der Waals surface area (Å²) in [5, 5.41) is 4.59. The van der Waals surface area contributed by atoms with Gasteiger partial charge >= 0.3 is 0 Å². The van der Waals surface area contributed by atoms with E-state index in [2.05, 4.69) is 68.9 Å². The van der Waals surface area contributed by atoms with Gasteiger partial charge in [0, 0.05) is 24.6 Å². The molecule has 0 spiro atoms. The van der Waals surface area contributed by atoms with Gasteiger partial charge in [0.2, 0.25) is 0 Å². The van der Waals surface area contributed by atoms with E-state index in [0.717, 1.165) is 41.5 Å². The molecule has 26 heavy (non-hydrogen) atoms. The molecule has 0 amide bonds. The summed E-state index contributed by atoms with van der Waals surface area (Å²) in [4.78, 5) is 9.49. The second kappa shape index (κ2) is 6.44. The summed E-state index contributed by atoms with van der Waals surface area (Å²) in [5.74, 6) is 1.82. The zero-order valence-electron chi connectivity index (χ0n) is 15.7. The molecular formula is C20H24N6. The second-order valence-electron chi connectivity index (χ2n) is 6.78. The smallest absolute Gasteiger partial charge is 0.177 e. The van der Waals surface area contributed by atoms with Crippen LogP contribution in [-0.2, 0) is 13.1 Å². The van der Waals surface area contributed by atoms with E-state index in [9.17, 15) is 0 Å². The standard InChI is InChI=1S/C20H24N6/c1-5-24-18-9-7-6-8-17(18)22-20(24)19-21-10-11-25(19)16(4)13-26-15(3)12-14(2)23-26/h6-12,16H,5,13H2,1-4H3/t16-/m0/s1. The highest BCUT2D eigenvalue weighted by Crippen LogP contribution is 2.26. The number of aryl methyl sites for hydroxylation is 3. The summed E-state index contributed by atoms with van der Waals surface area (Å²) in [6.45, 7) is 10.1. The zero-order chi connectivity index (χ0) is 18.3. The van der Waals surface area contributed by atoms with Gasteiger partial charge in [-0.3, -0.25) is 4.68 Å². The summed E-state index contributed by atoms with van der Waals surface area (Å²) in [6, 6.07) is 10.6. The predicted octanol–water partition coefficient (Wildman–Crippen LogP) is 3.99. The Kier molecular flexibility index (Phi) is 4.11. The molecule has 4 aromatic rings. The van der Waals surface area contributed by atoms with Crippen molar-refractivity contribution in [3.8, 4) is 11.6 Å². The van der Waals surface area contributed by atoms with Gasteiger partial charge in [0.05, 0.1) is 29.3 Å². The fourth-order valence-electron chi connectivity index (χ4n) is 3.61. The normalized spacial score (nSPS) is 12.8. The quantitative estimate of drug-likeness (QED) is 0.548. The monoisotopic (exact) mass is 348 g/mol. The Morgan fingerprint density at radius 3 is 2.65 bits per heavy atom. The van der Waals surface area contributed by atoms with E-state index in [4.69, 9.17) is 4.98 Å². The Bertz CT molecular complexity index is 1050. The van der Waals surface area contributed by atoms with Crippen molar-refractivity contribution in [2.45, 2.75) is 46.8 Å². The van der Waals surface area contributed by atoms with Gasteiger partial charge in [-0.15, -0.1) is 0 Å². The number of rotatable bonds is 5. The molecule has 0 radical (unpaired) electrons. The third kappa shape index (κ3) is 2.71. The van der Waals surface area contributed by atoms with Crippen molar-refractivity contribution >= 4 is 11.0 Å². The first-order valence-electron chi connectivity index (χ1n) is 9.08. The van der Waals surface area contributed by atoms with Crippen LogP contribution < -0.4 is 0 Å². The van der Waals surface area contributed by atoms with Crippen molar-refractivity contribution in [1.29, 1.82) is 0 Å². The van der Waals surface area contributed by atoms with Crippen LogP contribution in [0.15, 0.2) is 42.7 Å². The first kappa shape index (κ1) is 16.6. The Morgan fingerprint density at radius 1 is 1.12 bits per heavy atom. The van der Waals surface area contributed by atoms with Crippen LogP contribution in [0.25, 0.3) is 22.7 Å². The van der Waals surface area contributed by atoms with Crippen molar-refractivity contribution < 1.29 is 0 Å². The topological polar surface area (TPSA) is 53.5 Å². The molecule has 4 rings (SSSR count). The highest BCUT2D eigenvalue weighted by atomic mass is 15.3. The molecule has 1 atom stereocenters. The van der Waals surface area contributed by atoms with Crippen LogP contribution in [0.1, 0.15) is 31.3 Å². The maximum Gasteiger partial charge on any atom is 0.177 e. The molecule has 1 aromatic carbocycles. The lowest BCUT2D eigenvalue weighted by molar-refractivity contribution is 0.432. The molecule has 0 aliphatic rings. The molecule has 0 aliphatic heterocycles. The molecule has 134 valence electrons. The van der Waals surface area contributed by atoms with E-state index >= 15 is 0 Å². The minimum Gasteiger partial charge on any atom is -0.324 e. The van der Waals surface area contributed by atoms with Gasteiger partial charge in [0.15, 0.2) is 11.6 Å². The fraction of sp³-hybridized carbons (Fsp3) is 0.350. The summed E-state index contributed by atoms with van der Waals surface area (Å²) < 4.78 is 6.49. The van der Waals surface area contributed by atoms with Gasteiger partial charge in [-0.25, -0.2) is 9.97 Å². The van der Waals surface area contributed by atoms with Gasteiger partial charge in [0.1, 0.15) is 0 Å². The summed E-state index contributed by atoms with van der Waals surface area (Å²) in [6.07, 6.45) is 3.89. The van der Waals surface area contributed by atoms with Gasteiger partial charge in [-0.2, -0.15) is 5.10 Å². The first-order chi connectivity index (χ1) is 12.6. The van der Waals surface area contributed by atoms with Gasteiger partial charge < -0.3 is 9.13 Å². The molecule has 0 fully saturated rings. The highest BCUT2D eigenvalue weighted by Gasteiger charge is 2.19. The molecule has 6 nitrogen and oxygen atoms in total. The number of hydrogen-bond donors (Lipinski definition) is 0. The average Bonchev–Trinajstić information content (AvgIpc) is 3.31. The number of para-hydroxylation sites is 2. The minimum absolute atomic E-state index is 0.218. The maximum absolute atomic E-state index is 4.85. The first-order valence-corrected chi connectivity index (χ1v) is 9.08. The van der Waals surface area contributed by atoms with Gasteiger partial charge in [0.25, 0.3) is 0 Å². The molecule has 3 heterocycles. The van der Waals surface area contributed by atoms with E-state index in [1.54, 1.807) is 0 Å². The number of nitrogens with zero attached hydrogens (tertiary/aromatic N) is 6. The van der Waals surface area contributed by atoms with Crippen LogP contribution in [0.4, 0.5) is 0 Å². The van der Waals surface area contributed by atoms with E-state index in [1.807, 2.05) is 25.4 Å². The van der Waals surface area contributed by atoms with Crippen molar-refractivity contribution in [2.75, 3.05) is 0 Å². The van der Waals surface area contributed by atoms with Gasteiger partial charge in [-0.05, 0) is 45.9 Å². The van der Waals surface area contributed by atoms with Crippen molar-refractivity contribution in [2.24, 2.45) is 0 Å². The molecule has 0 saturated carbocycles. The largest absolute Gasteiger partial charge is 0.324 e. The van der Waals surface area contributed by atoms with Crippen molar-refractivity contribution in [3.05, 3.63) is 54.1 Å². The third-order valence-electron chi connectivity index (χ3n) is 4.85. The Morgan fingerprint density at radius 2 is 1.92 bits per heavy atom. The lowest BCUT2D eigenvalue weighted by Crippen LogP contribution is -2.16. The van der Waals surface area contributed by atoms with Crippen LogP contribution >= 0.6 is 0 Å². The van der Waals surface area contributed by atoms with Crippen LogP contribution in [0.2, 0.25) is 0 Å². The lowest BCUT2D eigenvalue weighted by Gasteiger charge is -2.17. The lowest BCUT2D eigenvalue weighted by atomic mass is 10.3. The third-order valence-corrected chi connectivity index (χ3v) is 4.85. The molecule has 0 saturated heterocycles. The number of fused-ring (bicyclic) bond motifs is 1. The van der Waals surface area contributed by atoms with E-state index in [-0.39, 0.29) is 6.04 Å². The molecule has 0 aliphatic carbocycles. The molecular weight excluding hydrogens is 324 g/mol. The minimum atomic E-state index is 0.218. The zero-order valence-corrected chi connectivity index (χ0v) is 15.7. The summed E-state index contributed by atoms with van der Waals surface area (Å²) in [7, 11) is 0. The Hall–Kier alpha value is -2.89. The Balaban J connectivity index is 1.74. The molecule has 0 bridgehead atoms. The maximum atomic E-state index is 4.85. The van der Waals surface area contributed by atoms with Crippen LogP contribution in [0.5, 0.6) is 0 Å². The molecule has 6 heteroatoms. The number of imidazole rings is 2. The van der Waals surface area contributed by atoms with E-state index < -0.39 is 0 Å². The number of hydrogen-bond acceptors (Lipinski definition) is 3. The van der Waals surface area contributed by atoms with Crippen molar-refractivity contribution in [1.82, 2.24) is 28.9 Å². The molecule has 0 N–H and O–H groups in total. The molecule has 3 aromatic heterocycles. The SMILES string of the molecule is CCn1c(-c2nccn2[C@@H](C)Cn2nc(C)cc2C)nc2ccccc21. The van der Waals surface area contributed by atoms with E-state index in [0.29, 0.717) is 0 Å². The van der Waals surface area contributed by atoms with Crippen LogP contribution in [-0.4, -0.2) is 28.9 Å². The van der Waals surface area contributed by atoms with Crippen LogP contribution in [0.3, 0.4) is 0 Å². The fourth-order valence-corrected chi connectivity index (χ4v) is 3.61. The number of aromatic nitrogens is 6. The van der Waals surface area contributed by atoms with Crippen LogP contribution in [0, 0.1) is 13.8 Å². The Labute approximate surface area is 153 Å². The molecule has 0 unspecified atom stereocenters. The predicted molar refractivity (Wildman–Crippen MR) is 103 cm³/mol. The highest BCUT2D eigenvalue weighted by molar-refractivity contribution is 5.79. The van der Waals surface area contributed by atoms with Gasteiger partial charge in [-0.1, -0.05) is 12.1 Å². The summed E-state index contributed by atoms with van der Waals surface area (Å²) in [5.41, 5.74) is 4.38. The average molecular weight is 348 g/mol. The second-order valence-corrected chi connectivity index (χ2v) is 6.78. The summed E-state index contributed by atoms with van der Waals surface area (Å²) >= 11 is 0.